The molecule has 1 N–H and O–H groups in total. The van der Waals surface area contributed by atoms with Crippen LogP contribution in [0.1, 0.15) is 35.6 Å². The fourth-order valence-corrected chi connectivity index (χ4v) is 6.35. The smallest absolute Gasteiger partial charge is 0.101 e. The van der Waals surface area contributed by atoms with Crippen LogP contribution in [-0.4, -0.2) is 66.1 Å². The summed E-state index contributed by atoms with van der Waals surface area (Å²) in [5, 5.41) is 14.1. The van der Waals surface area contributed by atoms with Gasteiger partial charge in [0.1, 0.15) is 6.07 Å². The molecule has 6 heteroatoms. The number of nitriles is 1. The molecule has 6 rings (SSSR count). The number of anilines is 1. The molecule has 0 unspecified atom stereocenters. The van der Waals surface area contributed by atoms with Crippen LogP contribution in [0.3, 0.4) is 0 Å². The molecule has 6 nitrogen and oxygen atoms in total. The molecule has 0 radical (unpaired) electrons. The van der Waals surface area contributed by atoms with Crippen molar-refractivity contribution >= 4 is 16.6 Å². The fourth-order valence-electron chi connectivity index (χ4n) is 6.35. The van der Waals surface area contributed by atoms with Gasteiger partial charge in [-0.3, -0.25) is 14.8 Å². The second-order valence-electron chi connectivity index (χ2n) is 10.4. The molecule has 3 aliphatic heterocycles. The number of pyridine rings is 1. The fraction of sp³-hybridized carbons (Fsp3) is 0.448. The highest BCUT2D eigenvalue weighted by atomic mass is 15.3. The van der Waals surface area contributed by atoms with Crippen LogP contribution in [0, 0.1) is 11.3 Å². The first kappa shape index (κ1) is 22.5. The number of fused-ring (bicyclic) bond motifs is 3. The summed E-state index contributed by atoms with van der Waals surface area (Å²) in [5.74, 6) is 0. The number of hydrogen-bond acceptors (Lipinski definition) is 6. The van der Waals surface area contributed by atoms with Crippen molar-refractivity contribution in [3.63, 3.8) is 0 Å². The zero-order valence-corrected chi connectivity index (χ0v) is 20.6. The number of rotatable bonds is 3. The van der Waals surface area contributed by atoms with Gasteiger partial charge in [-0.1, -0.05) is 18.2 Å². The second-order valence-corrected chi connectivity index (χ2v) is 10.4. The van der Waals surface area contributed by atoms with Gasteiger partial charge in [-0.25, -0.2) is 0 Å². The second kappa shape index (κ2) is 9.58. The lowest BCUT2D eigenvalue weighted by Crippen LogP contribution is -2.58. The SMILES string of the molecule is C[C@@H]1CN(c2ccc(C#N)c3ncccc23)C[C@@H]2CCN(Cc3ccc4c(c3)CNCC4)CCN21. The third-order valence-electron chi connectivity index (χ3n) is 8.18. The van der Waals surface area contributed by atoms with Crippen LogP contribution < -0.4 is 10.2 Å². The van der Waals surface area contributed by atoms with Gasteiger partial charge >= 0.3 is 0 Å². The molecule has 2 fully saturated rings. The average molecular weight is 467 g/mol. The van der Waals surface area contributed by atoms with Crippen LogP contribution >= 0.6 is 0 Å². The number of benzene rings is 2. The average Bonchev–Trinajstić information content (AvgIpc) is 3.10. The summed E-state index contributed by atoms with van der Waals surface area (Å²) in [4.78, 5) is 12.4. The van der Waals surface area contributed by atoms with Crippen LogP contribution in [0.5, 0.6) is 0 Å². The van der Waals surface area contributed by atoms with Crippen LogP contribution in [0.2, 0.25) is 0 Å². The first-order valence-corrected chi connectivity index (χ1v) is 13.0. The number of aromatic nitrogens is 1. The van der Waals surface area contributed by atoms with Crippen molar-refractivity contribution < 1.29 is 0 Å². The molecule has 4 heterocycles. The predicted octanol–water partition coefficient (Wildman–Crippen LogP) is 3.54. The normalized spacial score (nSPS) is 23.4. The van der Waals surface area contributed by atoms with Crippen molar-refractivity contribution in [2.45, 2.75) is 44.9 Å². The van der Waals surface area contributed by atoms with E-state index >= 15 is 0 Å². The molecule has 0 bridgehead atoms. The van der Waals surface area contributed by atoms with Gasteiger partial charge in [-0.15, -0.1) is 0 Å². The highest BCUT2D eigenvalue weighted by Gasteiger charge is 2.34. The van der Waals surface area contributed by atoms with E-state index in [0.717, 1.165) is 69.7 Å². The Hall–Kier alpha value is -2.98. The minimum atomic E-state index is 0.492. The quantitative estimate of drug-likeness (QED) is 0.637. The lowest BCUT2D eigenvalue weighted by Gasteiger charge is -2.46. The van der Waals surface area contributed by atoms with Gasteiger partial charge in [0.25, 0.3) is 0 Å². The Balaban J connectivity index is 1.18. The molecule has 35 heavy (non-hydrogen) atoms. The van der Waals surface area contributed by atoms with E-state index < -0.39 is 0 Å². The van der Waals surface area contributed by atoms with Gasteiger partial charge in [0.2, 0.25) is 0 Å². The Morgan fingerprint density at radius 3 is 2.94 bits per heavy atom. The topological polar surface area (TPSA) is 58.4 Å². The Bertz CT molecular complexity index is 1260. The molecule has 2 atom stereocenters. The van der Waals surface area contributed by atoms with E-state index in [2.05, 4.69) is 68.3 Å². The maximum Gasteiger partial charge on any atom is 0.101 e. The number of nitrogens with one attached hydrogen (secondary N) is 1. The summed E-state index contributed by atoms with van der Waals surface area (Å²) >= 11 is 0. The van der Waals surface area contributed by atoms with E-state index in [1.54, 1.807) is 6.20 Å². The zero-order valence-electron chi connectivity index (χ0n) is 20.6. The van der Waals surface area contributed by atoms with Crippen molar-refractivity contribution in [2.75, 3.05) is 44.2 Å². The first-order valence-electron chi connectivity index (χ1n) is 13.0. The molecule has 0 saturated carbocycles. The van der Waals surface area contributed by atoms with E-state index in [1.807, 2.05) is 12.1 Å². The molecule has 2 aromatic carbocycles. The van der Waals surface area contributed by atoms with Crippen LogP contribution in [0.4, 0.5) is 5.69 Å². The van der Waals surface area contributed by atoms with E-state index in [0.29, 0.717) is 17.6 Å². The van der Waals surface area contributed by atoms with Crippen molar-refractivity contribution in [1.29, 1.82) is 5.26 Å². The summed E-state index contributed by atoms with van der Waals surface area (Å²) in [6.07, 6.45) is 4.11. The van der Waals surface area contributed by atoms with Crippen molar-refractivity contribution in [2.24, 2.45) is 0 Å². The molecule has 2 saturated heterocycles. The van der Waals surface area contributed by atoms with Gasteiger partial charge in [0, 0.05) is 75.2 Å². The first-order chi connectivity index (χ1) is 17.2. The molecular weight excluding hydrogens is 432 g/mol. The predicted molar refractivity (Wildman–Crippen MR) is 140 cm³/mol. The third kappa shape index (κ3) is 4.40. The zero-order chi connectivity index (χ0) is 23.8. The maximum atomic E-state index is 9.54. The van der Waals surface area contributed by atoms with Crippen molar-refractivity contribution in [3.8, 4) is 6.07 Å². The largest absolute Gasteiger partial charge is 0.368 e. The van der Waals surface area contributed by atoms with Gasteiger partial charge in [-0.05, 0) is 67.3 Å². The number of hydrogen-bond donors (Lipinski definition) is 1. The molecule has 0 spiro atoms. The lowest BCUT2D eigenvalue weighted by atomic mass is 9.98. The van der Waals surface area contributed by atoms with E-state index in [1.165, 1.54) is 28.8 Å². The van der Waals surface area contributed by atoms with Crippen LogP contribution in [0.25, 0.3) is 10.9 Å². The summed E-state index contributed by atoms with van der Waals surface area (Å²) < 4.78 is 0. The Kier molecular flexibility index (Phi) is 6.15. The lowest BCUT2D eigenvalue weighted by molar-refractivity contribution is 0.127. The Morgan fingerprint density at radius 1 is 1.09 bits per heavy atom. The van der Waals surface area contributed by atoms with Crippen LogP contribution in [-0.2, 0) is 19.5 Å². The standard InChI is InChI=1S/C29H34N6/c1-21-18-34(28-7-6-24(16-30)29-27(28)3-2-10-32-29)20-26-9-12-33(13-14-35(21)26)19-22-4-5-23-8-11-31-17-25(23)15-22/h2-7,10,15,21,26,31H,8-9,11-14,17-20H2,1H3/t21-,26+/m1/s1. The van der Waals surface area contributed by atoms with Crippen LogP contribution in [0.15, 0.2) is 48.7 Å². The van der Waals surface area contributed by atoms with E-state index in [9.17, 15) is 5.26 Å². The Labute approximate surface area is 208 Å². The van der Waals surface area contributed by atoms with Gasteiger partial charge in [0.05, 0.1) is 11.1 Å². The van der Waals surface area contributed by atoms with E-state index in [-0.39, 0.29) is 0 Å². The molecule has 0 aliphatic carbocycles. The summed E-state index contributed by atoms with van der Waals surface area (Å²) in [6, 6.07) is 18.6. The third-order valence-corrected chi connectivity index (χ3v) is 8.18. The minimum Gasteiger partial charge on any atom is -0.368 e. The van der Waals surface area contributed by atoms with Gasteiger partial charge in [0.15, 0.2) is 0 Å². The molecule has 3 aromatic rings. The molecular formula is C29H34N6. The summed E-state index contributed by atoms with van der Waals surface area (Å²) in [7, 11) is 0. The van der Waals surface area contributed by atoms with Gasteiger partial charge < -0.3 is 10.2 Å². The van der Waals surface area contributed by atoms with Crippen molar-refractivity contribution in [3.05, 3.63) is 70.9 Å². The molecule has 0 amide bonds. The molecule has 180 valence electrons. The Morgan fingerprint density at radius 2 is 2.03 bits per heavy atom. The van der Waals surface area contributed by atoms with Crippen molar-refractivity contribution in [1.82, 2.24) is 20.1 Å². The maximum absolute atomic E-state index is 9.54. The highest BCUT2D eigenvalue weighted by Crippen LogP contribution is 2.32. The molecule has 3 aliphatic rings. The monoisotopic (exact) mass is 466 g/mol. The summed E-state index contributed by atoms with van der Waals surface area (Å²) in [5.41, 5.74) is 7.12. The number of nitrogens with zero attached hydrogens (tertiary/aromatic N) is 5. The number of piperazine rings is 1. The van der Waals surface area contributed by atoms with E-state index in [4.69, 9.17) is 0 Å². The van der Waals surface area contributed by atoms with Gasteiger partial charge in [-0.2, -0.15) is 5.26 Å². The summed E-state index contributed by atoms with van der Waals surface area (Å²) in [6.45, 7) is 10.9. The molecule has 1 aromatic heterocycles. The highest BCUT2D eigenvalue weighted by molar-refractivity contribution is 5.95. The minimum absolute atomic E-state index is 0.492.